The van der Waals surface area contributed by atoms with Gasteiger partial charge in [-0.1, -0.05) is 12.1 Å². The van der Waals surface area contributed by atoms with E-state index in [4.69, 9.17) is 21.0 Å². The van der Waals surface area contributed by atoms with E-state index in [1.807, 2.05) is 51.9 Å². The average Bonchev–Trinajstić information content (AvgIpc) is 3.48. The zero-order valence-electron chi connectivity index (χ0n) is 24.4. The van der Waals surface area contributed by atoms with Gasteiger partial charge in [0.15, 0.2) is 11.5 Å². The van der Waals surface area contributed by atoms with Gasteiger partial charge in [0.25, 0.3) is 0 Å². The summed E-state index contributed by atoms with van der Waals surface area (Å²) >= 11 is 0. The number of imidazole rings is 1. The first kappa shape index (κ1) is 28.5. The van der Waals surface area contributed by atoms with Crippen LogP contribution in [-0.2, 0) is 6.54 Å². The Morgan fingerprint density at radius 1 is 0.870 bits per heavy atom. The molecule has 6 heterocycles. The van der Waals surface area contributed by atoms with Crippen molar-refractivity contribution in [3.63, 3.8) is 0 Å². The van der Waals surface area contributed by atoms with Gasteiger partial charge in [-0.2, -0.15) is 10.5 Å². The van der Waals surface area contributed by atoms with Crippen molar-refractivity contribution < 1.29 is 4.39 Å². The number of nitrogens with two attached hydrogens (primary N) is 1. The first-order chi connectivity index (χ1) is 22.5. The summed E-state index contributed by atoms with van der Waals surface area (Å²) in [7, 11) is 0. The van der Waals surface area contributed by atoms with E-state index in [9.17, 15) is 9.65 Å². The van der Waals surface area contributed by atoms with Gasteiger partial charge in [0, 0.05) is 44.3 Å². The second-order valence-corrected chi connectivity index (χ2v) is 10.7. The summed E-state index contributed by atoms with van der Waals surface area (Å²) in [6.07, 6.45) is 4.35. The number of nitrogen functional groups attached to an aromatic ring is 1. The number of rotatable bonds is 6. The highest BCUT2D eigenvalue weighted by Crippen LogP contribution is 2.32. The molecule has 5 aromatic heterocycles. The summed E-state index contributed by atoms with van der Waals surface area (Å²) in [6.45, 7) is 2.34. The van der Waals surface area contributed by atoms with Crippen LogP contribution in [-0.4, -0.2) is 65.0 Å². The summed E-state index contributed by atoms with van der Waals surface area (Å²) < 4.78 is 15.5. The third-order valence-electron chi connectivity index (χ3n) is 7.86. The van der Waals surface area contributed by atoms with E-state index in [1.165, 1.54) is 6.07 Å². The number of halogens is 1. The number of anilines is 2. The standard InChI is InChI=1S/C33H25FN12/c34-22-5-8-26(40-18-22)27-9-10-28-33(41-27)46(32(42-28)25-2-1-12-39-31(25)37)23-6-3-21(4-7-23)19-44-14-15-45(20-24(44)16-35)30-11-13-38-29(17-36)43-30/h1-13,18,24H,14-15,19-20H2,(H2,37,39)/t24-/m1/s1. The number of hydrogen-bond acceptors (Lipinski definition) is 11. The van der Waals surface area contributed by atoms with Crippen LogP contribution in [0.1, 0.15) is 11.4 Å². The molecule has 1 aliphatic heterocycles. The van der Waals surface area contributed by atoms with Crippen LogP contribution in [0.25, 0.3) is 39.6 Å². The van der Waals surface area contributed by atoms with Crippen molar-refractivity contribution >= 4 is 22.8 Å². The van der Waals surface area contributed by atoms with Gasteiger partial charge in [-0.05, 0) is 60.2 Å². The molecule has 0 spiro atoms. The highest BCUT2D eigenvalue weighted by atomic mass is 19.1. The van der Waals surface area contributed by atoms with Gasteiger partial charge in [0.1, 0.15) is 35.1 Å². The molecule has 6 aromatic rings. The maximum absolute atomic E-state index is 13.6. The second kappa shape index (κ2) is 12.0. The Morgan fingerprint density at radius 3 is 2.48 bits per heavy atom. The van der Waals surface area contributed by atoms with E-state index in [1.54, 1.807) is 36.7 Å². The van der Waals surface area contributed by atoms with Crippen molar-refractivity contribution in [3.05, 3.63) is 103 Å². The smallest absolute Gasteiger partial charge is 0.234 e. The normalized spacial score (nSPS) is 15.0. The van der Waals surface area contributed by atoms with Crippen LogP contribution in [0.2, 0.25) is 0 Å². The van der Waals surface area contributed by atoms with Gasteiger partial charge in [-0.3, -0.25) is 14.5 Å². The fourth-order valence-electron chi connectivity index (χ4n) is 5.56. The molecule has 1 atom stereocenters. The van der Waals surface area contributed by atoms with Gasteiger partial charge in [-0.15, -0.1) is 0 Å². The molecule has 1 fully saturated rings. The number of fused-ring (bicyclic) bond motifs is 1. The van der Waals surface area contributed by atoms with E-state index in [0.29, 0.717) is 71.8 Å². The first-order valence-electron chi connectivity index (χ1n) is 14.4. The fourth-order valence-corrected chi connectivity index (χ4v) is 5.56. The Balaban J connectivity index is 1.20. The van der Waals surface area contributed by atoms with Crippen LogP contribution in [0, 0.1) is 28.5 Å². The maximum Gasteiger partial charge on any atom is 0.234 e. The van der Waals surface area contributed by atoms with Gasteiger partial charge < -0.3 is 10.6 Å². The number of hydrogen-bond donors (Lipinski definition) is 1. The third kappa shape index (κ3) is 5.43. The number of aromatic nitrogens is 7. The quantitative estimate of drug-likeness (QED) is 0.289. The number of benzene rings is 1. The molecule has 2 N–H and O–H groups in total. The summed E-state index contributed by atoms with van der Waals surface area (Å²) in [5.74, 6) is 1.23. The molecule has 1 aromatic carbocycles. The molecule has 1 aliphatic rings. The number of nitrogens with zero attached hydrogens (tertiary/aromatic N) is 11. The molecule has 0 bridgehead atoms. The maximum atomic E-state index is 13.6. The van der Waals surface area contributed by atoms with Gasteiger partial charge in [-0.25, -0.2) is 29.3 Å². The van der Waals surface area contributed by atoms with Crippen LogP contribution in [0.4, 0.5) is 16.0 Å². The highest BCUT2D eigenvalue weighted by Gasteiger charge is 2.28. The van der Waals surface area contributed by atoms with Crippen LogP contribution in [0.3, 0.4) is 0 Å². The monoisotopic (exact) mass is 608 g/mol. The third-order valence-corrected chi connectivity index (χ3v) is 7.86. The zero-order chi connectivity index (χ0) is 31.6. The topological polar surface area (TPSA) is 162 Å². The molecule has 0 amide bonds. The minimum atomic E-state index is -0.424. The fraction of sp³-hybridized carbons (Fsp3) is 0.152. The lowest BCUT2D eigenvalue weighted by Gasteiger charge is -2.38. The van der Waals surface area contributed by atoms with E-state index in [0.717, 1.165) is 17.4 Å². The highest BCUT2D eigenvalue weighted by molar-refractivity contribution is 5.84. The molecular weight excluding hydrogens is 583 g/mol. The van der Waals surface area contributed by atoms with Crippen LogP contribution in [0.15, 0.2) is 85.3 Å². The van der Waals surface area contributed by atoms with Crippen molar-refractivity contribution in [1.82, 2.24) is 39.4 Å². The molecule has 0 unspecified atom stereocenters. The lowest BCUT2D eigenvalue weighted by atomic mass is 10.1. The Kier molecular flexibility index (Phi) is 7.42. The zero-order valence-corrected chi connectivity index (χ0v) is 24.4. The predicted octanol–water partition coefficient (Wildman–Crippen LogP) is 4.14. The van der Waals surface area contributed by atoms with E-state index in [-0.39, 0.29) is 11.9 Å². The predicted molar refractivity (Wildman–Crippen MR) is 168 cm³/mol. The summed E-state index contributed by atoms with van der Waals surface area (Å²) in [6, 6.07) is 24.1. The molecule has 13 heteroatoms. The number of piperazine rings is 1. The van der Waals surface area contributed by atoms with Crippen molar-refractivity contribution in [2.75, 3.05) is 30.3 Å². The largest absolute Gasteiger partial charge is 0.383 e. The van der Waals surface area contributed by atoms with Crippen LogP contribution < -0.4 is 10.6 Å². The molecular formula is C33H25FN12. The second-order valence-electron chi connectivity index (χ2n) is 10.7. The molecule has 7 rings (SSSR count). The lowest BCUT2D eigenvalue weighted by molar-refractivity contribution is 0.204. The van der Waals surface area contributed by atoms with Crippen molar-refractivity contribution in [3.8, 4) is 40.6 Å². The molecule has 12 nitrogen and oxygen atoms in total. The minimum Gasteiger partial charge on any atom is -0.383 e. The lowest BCUT2D eigenvalue weighted by Crippen LogP contribution is -2.52. The number of pyridine rings is 3. The van der Waals surface area contributed by atoms with Crippen molar-refractivity contribution in [2.24, 2.45) is 0 Å². The molecule has 46 heavy (non-hydrogen) atoms. The van der Waals surface area contributed by atoms with E-state index < -0.39 is 5.82 Å². The van der Waals surface area contributed by atoms with Gasteiger partial charge in [0.05, 0.1) is 29.2 Å². The van der Waals surface area contributed by atoms with Crippen LogP contribution >= 0.6 is 0 Å². The van der Waals surface area contributed by atoms with Gasteiger partial charge >= 0.3 is 0 Å². The SMILES string of the molecule is N#Cc1nccc(N2CCN(Cc3ccc(-n4c(-c5cccnc5N)nc5ccc(-c6ccc(F)cn6)nc54)cc3)[C@H](C#N)C2)n1. The Hall–Kier alpha value is -6.31. The molecule has 0 saturated carbocycles. The first-order valence-corrected chi connectivity index (χ1v) is 14.4. The Labute approximate surface area is 262 Å². The molecule has 224 valence electrons. The molecule has 0 radical (unpaired) electrons. The summed E-state index contributed by atoms with van der Waals surface area (Å²) in [4.78, 5) is 30.6. The Bertz CT molecular complexity index is 2130. The van der Waals surface area contributed by atoms with E-state index in [2.05, 4.69) is 30.9 Å². The number of nitriles is 2. The van der Waals surface area contributed by atoms with Crippen molar-refractivity contribution in [1.29, 1.82) is 10.5 Å². The summed E-state index contributed by atoms with van der Waals surface area (Å²) in [5.41, 5.74) is 11.1. The molecule has 1 saturated heterocycles. The van der Waals surface area contributed by atoms with E-state index >= 15 is 0 Å². The average molecular weight is 609 g/mol. The summed E-state index contributed by atoms with van der Waals surface area (Å²) in [5, 5.41) is 19.2. The van der Waals surface area contributed by atoms with Crippen LogP contribution in [0.5, 0.6) is 0 Å². The van der Waals surface area contributed by atoms with Crippen molar-refractivity contribution in [2.45, 2.75) is 12.6 Å². The minimum absolute atomic E-state index is 0.104. The van der Waals surface area contributed by atoms with Gasteiger partial charge in [0.2, 0.25) is 5.82 Å². The molecule has 0 aliphatic carbocycles. The Morgan fingerprint density at radius 2 is 1.72 bits per heavy atom.